The summed E-state index contributed by atoms with van der Waals surface area (Å²) >= 11 is 0. The van der Waals surface area contributed by atoms with Crippen LogP contribution in [0, 0.1) is 0 Å². The molecule has 2 aliphatic heterocycles. The lowest BCUT2D eigenvalue weighted by molar-refractivity contribution is -0.257. The zero-order valence-corrected chi connectivity index (χ0v) is 16.8. The van der Waals surface area contributed by atoms with Gasteiger partial charge in [0.2, 0.25) is 5.85 Å². The molecular formula is C21H26N6O2. The van der Waals surface area contributed by atoms with Gasteiger partial charge in [0.05, 0.1) is 43.2 Å². The Morgan fingerprint density at radius 2 is 1.97 bits per heavy atom. The van der Waals surface area contributed by atoms with Crippen molar-refractivity contribution in [3.63, 3.8) is 0 Å². The maximum atomic E-state index is 6.64. The summed E-state index contributed by atoms with van der Waals surface area (Å²) in [5, 5.41) is 0. The summed E-state index contributed by atoms with van der Waals surface area (Å²) < 4.78 is 14.7. The van der Waals surface area contributed by atoms with E-state index < -0.39 is 5.85 Å². The molecular weight excluding hydrogens is 368 g/mol. The van der Waals surface area contributed by atoms with Crippen molar-refractivity contribution in [2.75, 3.05) is 37.7 Å². The maximum absolute atomic E-state index is 6.64. The van der Waals surface area contributed by atoms with Crippen LogP contribution in [-0.4, -0.2) is 69.4 Å². The van der Waals surface area contributed by atoms with Crippen molar-refractivity contribution in [2.45, 2.75) is 31.8 Å². The number of ether oxygens (including phenoxy) is 2. The van der Waals surface area contributed by atoms with Crippen LogP contribution in [0.1, 0.15) is 13.8 Å². The van der Waals surface area contributed by atoms with Crippen molar-refractivity contribution in [1.82, 2.24) is 24.4 Å². The van der Waals surface area contributed by atoms with E-state index in [9.17, 15) is 0 Å². The molecule has 0 N–H and O–H groups in total. The van der Waals surface area contributed by atoms with Gasteiger partial charge in [-0.25, -0.2) is 19.9 Å². The van der Waals surface area contributed by atoms with Crippen molar-refractivity contribution in [2.24, 2.45) is 0 Å². The van der Waals surface area contributed by atoms with Gasteiger partial charge in [0, 0.05) is 25.3 Å². The molecule has 1 aromatic carbocycles. The Kier molecular flexibility index (Phi) is 4.69. The van der Waals surface area contributed by atoms with E-state index in [1.54, 1.807) is 12.5 Å². The van der Waals surface area contributed by atoms with Crippen molar-refractivity contribution in [3.05, 3.63) is 49.2 Å². The van der Waals surface area contributed by atoms with Gasteiger partial charge in [0.15, 0.2) is 0 Å². The first-order valence-electron chi connectivity index (χ1n) is 10.1. The molecule has 3 unspecified atom stereocenters. The summed E-state index contributed by atoms with van der Waals surface area (Å²) in [6, 6.07) is 10.3. The van der Waals surface area contributed by atoms with Crippen LogP contribution in [0.5, 0.6) is 0 Å². The molecule has 0 amide bonds. The molecule has 2 aromatic heterocycles. The van der Waals surface area contributed by atoms with Gasteiger partial charge in [-0.05, 0) is 32.0 Å². The first-order chi connectivity index (χ1) is 14.2. The van der Waals surface area contributed by atoms with Crippen molar-refractivity contribution >= 4 is 16.9 Å². The van der Waals surface area contributed by atoms with Crippen LogP contribution < -0.4 is 4.90 Å². The molecule has 3 atom stereocenters. The third-order valence-corrected chi connectivity index (χ3v) is 6.14. The lowest BCUT2D eigenvalue weighted by Gasteiger charge is -2.54. The molecule has 2 aliphatic rings. The number of anilines is 1. The Morgan fingerprint density at radius 1 is 1.07 bits per heavy atom. The summed E-state index contributed by atoms with van der Waals surface area (Å²) in [6.07, 6.45) is 5.40. The van der Waals surface area contributed by atoms with Gasteiger partial charge in [-0.2, -0.15) is 0 Å². The number of para-hydroxylation sites is 2. The monoisotopic (exact) mass is 394 g/mol. The van der Waals surface area contributed by atoms with Crippen molar-refractivity contribution in [3.8, 4) is 0 Å². The number of benzene rings is 1. The number of fused-ring (bicyclic) bond motifs is 1. The topological polar surface area (TPSA) is 68.5 Å². The summed E-state index contributed by atoms with van der Waals surface area (Å²) in [5.41, 5.74) is 2.02. The minimum Gasteiger partial charge on any atom is -0.376 e. The van der Waals surface area contributed by atoms with E-state index in [0.29, 0.717) is 19.8 Å². The highest BCUT2D eigenvalue weighted by molar-refractivity contribution is 5.75. The molecule has 8 nitrogen and oxygen atoms in total. The Balaban J connectivity index is 1.63. The van der Waals surface area contributed by atoms with E-state index in [1.165, 1.54) is 0 Å². The smallest absolute Gasteiger partial charge is 0.224 e. The van der Waals surface area contributed by atoms with Crippen LogP contribution in [-0.2, 0) is 15.3 Å². The third-order valence-electron chi connectivity index (χ3n) is 6.14. The van der Waals surface area contributed by atoms with Gasteiger partial charge in [0.25, 0.3) is 0 Å². The first kappa shape index (κ1) is 18.5. The third kappa shape index (κ3) is 3.08. The molecule has 8 heteroatoms. The Morgan fingerprint density at radius 3 is 2.83 bits per heavy atom. The molecule has 4 heterocycles. The lowest BCUT2D eigenvalue weighted by atomic mass is 10.1. The van der Waals surface area contributed by atoms with Gasteiger partial charge in [0.1, 0.15) is 12.1 Å². The highest BCUT2D eigenvalue weighted by atomic mass is 16.5. The molecule has 0 spiro atoms. The quantitative estimate of drug-likeness (QED) is 0.674. The van der Waals surface area contributed by atoms with Crippen LogP contribution in [0.4, 0.5) is 5.82 Å². The summed E-state index contributed by atoms with van der Waals surface area (Å²) in [4.78, 5) is 17.9. The second-order valence-corrected chi connectivity index (χ2v) is 7.69. The molecule has 5 rings (SSSR count). The largest absolute Gasteiger partial charge is 0.376 e. The standard InChI is InChI=1S/C21H26N6O2/c1-16-17(2)28-11-10-26(16)21(27-15-24-18-5-3-4-6-19(18)27)13-25(9-12-29-21)20-7-8-22-14-23-20/h3-8,14-17H,9-13H2,1-2H3. The average Bonchev–Trinajstić information content (AvgIpc) is 3.21. The highest BCUT2D eigenvalue weighted by Crippen LogP contribution is 2.36. The fourth-order valence-electron chi connectivity index (χ4n) is 4.48. The van der Waals surface area contributed by atoms with Crippen molar-refractivity contribution in [1.29, 1.82) is 0 Å². The lowest BCUT2D eigenvalue weighted by Crippen LogP contribution is -2.68. The van der Waals surface area contributed by atoms with Crippen LogP contribution >= 0.6 is 0 Å². The first-order valence-corrected chi connectivity index (χ1v) is 10.1. The van der Waals surface area contributed by atoms with E-state index in [-0.39, 0.29) is 12.1 Å². The molecule has 2 saturated heterocycles. The molecule has 0 aliphatic carbocycles. The summed E-state index contributed by atoms with van der Waals surface area (Å²) in [5.74, 6) is 0.211. The summed E-state index contributed by atoms with van der Waals surface area (Å²) in [7, 11) is 0. The van der Waals surface area contributed by atoms with E-state index >= 15 is 0 Å². The van der Waals surface area contributed by atoms with Crippen LogP contribution in [0.2, 0.25) is 0 Å². The maximum Gasteiger partial charge on any atom is 0.224 e. The average molecular weight is 394 g/mol. The predicted molar refractivity (Wildman–Crippen MR) is 109 cm³/mol. The number of morpholine rings is 2. The van der Waals surface area contributed by atoms with E-state index in [0.717, 1.165) is 29.9 Å². The van der Waals surface area contributed by atoms with Crippen molar-refractivity contribution < 1.29 is 9.47 Å². The number of hydrogen-bond acceptors (Lipinski definition) is 7. The Hall–Kier alpha value is -2.55. The minimum absolute atomic E-state index is 0.119. The van der Waals surface area contributed by atoms with Crippen LogP contribution in [0.25, 0.3) is 11.0 Å². The SMILES string of the molecule is CC1OCCN(C2(n3cnc4ccccc43)CN(c3ccncn3)CCO2)C1C. The highest BCUT2D eigenvalue weighted by Gasteiger charge is 2.49. The molecule has 0 saturated carbocycles. The minimum atomic E-state index is -0.698. The number of hydrogen-bond donors (Lipinski definition) is 0. The van der Waals surface area contributed by atoms with Gasteiger partial charge in [-0.3, -0.25) is 4.57 Å². The zero-order valence-electron chi connectivity index (χ0n) is 16.8. The van der Waals surface area contributed by atoms with E-state index in [4.69, 9.17) is 9.47 Å². The number of nitrogens with zero attached hydrogens (tertiary/aromatic N) is 6. The molecule has 152 valence electrons. The second kappa shape index (κ2) is 7.37. The van der Waals surface area contributed by atoms with Crippen LogP contribution in [0.15, 0.2) is 49.2 Å². The molecule has 3 aromatic rings. The normalized spacial score (nSPS) is 28.7. The second-order valence-electron chi connectivity index (χ2n) is 7.69. The van der Waals surface area contributed by atoms with Gasteiger partial charge >= 0.3 is 0 Å². The van der Waals surface area contributed by atoms with E-state index in [1.807, 2.05) is 30.6 Å². The predicted octanol–water partition coefficient (Wildman–Crippen LogP) is 2.08. The van der Waals surface area contributed by atoms with Gasteiger partial charge in [-0.1, -0.05) is 12.1 Å². The van der Waals surface area contributed by atoms with E-state index in [2.05, 4.69) is 49.2 Å². The fraction of sp³-hybridized carbons (Fsp3) is 0.476. The molecule has 29 heavy (non-hydrogen) atoms. The summed E-state index contributed by atoms with van der Waals surface area (Å²) in [6.45, 7) is 7.81. The Bertz CT molecular complexity index is 979. The van der Waals surface area contributed by atoms with Gasteiger partial charge < -0.3 is 14.4 Å². The zero-order chi connectivity index (χ0) is 19.8. The molecule has 2 fully saturated rings. The number of imidazole rings is 1. The van der Waals surface area contributed by atoms with Crippen LogP contribution in [0.3, 0.4) is 0 Å². The number of rotatable bonds is 3. The Labute approximate surface area is 170 Å². The fourth-order valence-corrected chi connectivity index (χ4v) is 4.48. The van der Waals surface area contributed by atoms with Gasteiger partial charge in [-0.15, -0.1) is 0 Å². The molecule has 0 bridgehead atoms. The number of aromatic nitrogens is 4. The molecule has 0 radical (unpaired) electrons.